The number of fused-ring (bicyclic) bond motifs is 1. The predicted octanol–water partition coefficient (Wildman–Crippen LogP) is 3.19. The molecule has 1 aromatic carbocycles. The Morgan fingerprint density at radius 3 is 2.81 bits per heavy atom. The summed E-state index contributed by atoms with van der Waals surface area (Å²) in [5.74, 6) is 0.430. The van der Waals surface area contributed by atoms with Crippen LogP contribution in [0.25, 0.3) is 23.0 Å². The first-order valence-corrected chi connectivity index (χ1v) is 10.9. The molecule has 2 aliphatic rings. The Morgan fingerprint density at radius 1 is 1.19 bits per heavy atom. The highest BCUT2D eigenvalue weighted by Gasteiger charge is 2.25. The maximum atomic E-state index is 11.8. The van der Waals surface area contributed by atoms with Crippen LogP contribution in [0.1, 0.15) is 18.5 Å². The van der Waals surface area contributed by atoms with Crippen molar-refractivity contribution in [3.63, 3.8) is 0 Å². The number of hydrogen-bond donors (Lipinski definition) is 1. The molecule has 0 saturated carbocycles. The lowest BCUT2D eigenvalue weighted by Gasteiger charge is -2.29. The molecule has 0 spiro atoms. The summed E-state index contributed by atoms with van der Waals surface area (Å²) in [5.41, 5.74) is 3.03. The number of hydrogen-bond acceptors (Lipinski definition) is 7. The normalized spacial score (nSPS) is 19.3. The van der Waals surface area contributed by atoms with Crippen molar-refractivity contribution in [3.8, 4) is 17.0 Å². The lowest BCUT2D eigenvalue weighted by atomic mass is 10.1. The molecule has 3 aromatic rings. The van der Waals surface area contributed by atoms with E-state index in [0.717, 1.165) is 54.7 Å². The molecule has 158 valence electrons. The van der Waals surface area contributed by atoms with E-state index < -0.39 is 5.91 Å². The average molecular weight is 436 g/mol. The van der Waals surface area contributed by atoms with Crippen LogP contribution in [0, 0.1) is 0 Å². The zero-order valence-electron chi connectivity index (χ0n) is 16.9. The Balaban J connectivity index is 1.43. The maximum Gasteiger partial charge on any atom is 0.290 e. The van der Waals surface area contributed by atoms with E-state index in [4.69, 9.17) is 4.74 Å². The maximum absolute atomic E-state index is 11.8. The van der Waals surface area contributed by atoms with E-state index in [9.17, 15) is 9.59 Å². The van der Waals surface area contributed by atoms with Crippen molar-refractivity contribution in [2.45, 2.75) is 18.9 Å². The second-order valence-electron chi connectivity index (χ2n) is 7.67. The Bertz CT molecular complexity index is 1200. The summed E-state index contributed by atoms with van der Waals surface area (Å²) in [6.45, 7) is 2.09. The summed E-state index contributed by atoms with van der Waals surface area (Å²) >= 11 is 0.872. The van der Waals surface area contributed by atoms with Crippen molar-refractivity contribution in [2.24, 2.45) is 0 Å². The van der Waals surface area contributed by atoms with Crippen LogP contribution >= 0.6 is 11.8 Å². The van der Waals surface area contributed by atoms with E-state index in [1.165, 1.54) is 0 Å². The number of thioether (sulfide) groups is 1. The summed E-state index contributed by atoms with van der Waals surface area (Å²) in [5, 5.41) is 6.49. The first-order chi connectivity index (χ1) is 15.0. The summed E-state index contributed by atoms with van der Waals surface area (Å²) in [4.78, 5) is 30.3. The minimum absolute atomic E-state index is 0.225. The number of piperidine rings is 1. The van der Waals surface area contributed by atoms with Crippen molar-refractivity contribution in [3.05, 3.63) is 53.2 Å². The fourth-order valence-corrected chi connectivity index (χ4v) is 4.41. The number of aromatic nitrogens is 3. The molecule has 31 heavy (non-hydrogen) atoms. The number of likely N-dealkylation sites (tertiary alicyclic amines) is 1. The van der Waals surface area contributed by atoms with Crippen LogP contribution < -0.4 is 10.1 Å². The molecule has 0 unspecified atom stereocenters. The summed E-state index contributed by atoms with van der Waals surface area (Å²) < 4.78 is 7.96. The molecule has 0 radical (unpaired) electrons. The van der Waals surface area contributed by atoms with Crippen molar-refractivity contribution >= 4 is 34.6 Å². The number of nitrogens with one attached hydrogen (secondary N) is 1. The third-order valence-electron chi connectivity index (χ3n) is 5.40. The van der Waals surface area contributed by atoms with E-state index in [1.807, 2.05) is 30.3 Å². The predicted molar refractivity (Wildman–Crippen MR) is 119 cm³/mol. The van der Waals surface area contributed by atoms with E-state index in [1.54, 1.807) is 22.9 Å². The topological polar surface area (TPSA) is 88.8 Å². The van der Waals surface area contributed by atoms with Crippen LogP contribution in [0.2, 0.25) is 0 Å². The zero-order chi connectivity index (χ0) is 21.4. The van der Waals surface area contributed by atoms with Gasteiger partial charge in [-0.05, 0) is 62.0 Å². The molecular weight excluding hydrogens is 414 g/mol. The summed E-state index contributed by atoms with van der Waals surface area (Å²) in [6, 6.07) is 11.6. The van der Waals surface area contributed by atoms with E-state index in [0.29, 0.717) is 16.2 Å². The van der Waals surface area contributed by atoms with Gasteiger partial charge in [-0.1, -0.05) is 12.1 Å². The zero-order valence-corrected chi connectivity index (χ0v) is 17.8. The SMILES string of the molecule is CN1CCC(Oc2cccc(-c3cnc4ccc(C=C5SC(=O)NC5=O)nn34)c2)CC1. The molecule has 0 bridgehead atoms. The fourth-order valence-electron chi connectivity index (χ4n) is 3.74. The number of carbonyl (C=O) groups is 2. The number of imidazole rings is 1. The van der Waals surface area contributed by atoms with Gasteiger partial charge in [-0.15, -0.1) is 0 Å². The van der Waals surface area contributed by atoms with Crippen molar-refractivity contribution in [1.82, 2.24) is 24.8 Å². The van der Waals surface area contributed by atoms with Gasteiger partial charge in [-0.25, -0.2) is 9.50 Å². The van der Waals surface area contributed by atoms with Gasteiger partial charge in [0.15, 0.2) is 5.65 Å². The van der Waals surface area contributed by atoms with Gasteiger partial charge in [0.25, 0.3) is 11.1 Å². The minimum Gasteiger partial charge on any atom is -0.490 e. The lowest BCUT2D eigenvalue weighted by molar-refractivity contribution is -0.115. The van der Waals surface area contributed by atoms with E-state index >= 15 is 0 Å². The first-order valence-electron chi connectivity index (χ1n) is 10.1. The van der Waals surface area contributed by atoms with Crippen molar-refractivity contribution in [2.75, 3.05) is 20.1 Å². The smallest absolute Gasteiger partial charge is 0.290 e. The van der Waals surface area contributed by atoms with Gasteiger partial charge in [-0.2, -0.15) is 5.10 Å². The molecule has 2 aliphatic heterocycles. The molecule has 2 saturated heterocycles. The molecule has 0 atom stereocenters. The molecule has 2 aromatic heterocycles. The van der Waals surface area contributed by atoms with Crippen LogP contribution in [0.4, 0.5) is 4.79 Å². The van der Waals surface area contributed by atoms with Crippen LogP contribution in [-0.4, -0.2) is 56.9 Å². The molecule has 2 amide bonds. The highest BCUT2D eigenvalue weighted by molar-refractivity contribution is 8.18. The Kier molecular flexibility index (Phi) is 5.21. The number of ether oxygens (including phenoxy) is 1. The molecule has 5 rings (SSSR count). The first kappa shape index (κ1) is 19.8. The second-order valence-corrected chi connectivity index (χ2v) is 8.69. The highest BCUT2D eigenvalue weighted by atomic mass is 32.2. The van der Waals surface area contributed by atoms with E-state index in [2.05, 4.69) is 27.3 Å². The number of benzene rings is 1. The Labute approximate surface area is 183 Å². The summed E-state index contributed by atoms with van der Waals surface area (Å²) in [7, 11) is 2.13. The third-order valence-corrected chi connectivity index (χ3v) is 6.21. The summed E-state index contributed by atoms with van der Waals surface area (Å²) in [6.07, 6.45) is 5.64. The number of imide groups is 1. The highest BCUT2D eigenvalue weighted by Crippen LogP contribution is 2.28. The Morgan fingerprint density at radius 2 is 2.03 bits per heavy atom. The lowest BCUT2D eigenvalue weighted by Crippen LogP contribution is -2.35. The molecular formula is C22H21N5O3S. The van der Waals surface area contributed by atoms with Crippen LogP contribution in [-0.2, 0) is 4.79 Å². The standard InChI is InChI=1S/C22H21N5O3S/c1-26-9-7-16(8-10-26)30-17-4-2-3-14(11-17)18-13-23-20-6-5-15(25-27(18)20)12-19-21(28)24-22(29)31-19/h2-6,11-13,16H,7-10H2,1H3,(H,24,28,29). The largest absolute Gasteiger partial charge is 0.490 e. The molecule has 1 N–H and O–H groups in total. The van der Waals surface area contributed by atoms with Gasteiger partial charge in [0.2, 0.25) is 0 Å². The number of nitrogens with zero attached hydrogens (tertiary/aromatic N) is 4. The van der Waals surface area contributed by atoms with Crippen LogP contribution in [0.5, 0.6) is 5.75 Å². The monoisotopic (exact) mass is 435 g/mol. The van der Waals surface area contributed by atoms with Gasteiger partial charge in [0, 0.05) is 18.7 Å². The van der Waals surface area contributed by atoms with Gasteiger partial charge in [0.05, 0.1) is 22.5 Å². The van der Waals surface area contributed by atoms with Crippen molar-refractivity contribution < 1.29 is 14.3 Å². The second kappa shape index (κ2) is 8.16. The molecule has 9 heteroatoms. The molecule has 0 aliphatic carbocycles. The van der Waals surface area contributed by atoms with Crippen molar-refractivity contribution in [1.29, 1.82) is 0 Å². The van der Waals surface area contributed by atoms with Gasteiger partial charge in [0.1, 0.15) is 11.9 Å². The third kappa shape index (κ3) is 4.19. The fraction of sp³-hybridized carbons (Fsp3) is 0.273. The molecule has 8 nitrogen and oxygen atoms in total. The average Bonchev–Trinajstić information content (AvgIpc) is 3.32. The van der Waals surface area contributed by atoms with Crippen LogP contribution in [0.15, 0.2) is 47.5 Å². The van der Waals surface area contributed by atoms with Gasteiger partial charge < -0.3 is 9.64 Å². The van der Waals surface area contributed by atoms with Crippen LogP contribution in [0.3, 0.4) is 0 Å². The number of carbonyl (C=O) groups excluding carboxylic acids is 2. The van der Waals surface area contributed by atoms with Gasteiger partial charge in [-0.3, -0.25) is 14.9 Å². The van der Waals surface area contributed by atoms with Gasteiger partial charge >= 0.3 is 0 Å². The minimum atomic E-state index is -0.401. The molecule has 4 heterocycles. The molecule has 2 fully saturated rings. The number of amides is 2. The quantitative estimate of drug-likeness (QED) is 0.630. The van der Waals surface area contributed by atoms with E-state index in [-0.39, 0.29) is 11.3 Å². The Hall–Kier alpha value is -3.17. The number of rotatable bonds is 4.